The zero-order valence-electron chi connectivity index (χ0n) is 10.1. The van der Waals surface area contributed by atoms with Crippen LogP contribution in [0.2, 0.25) is 0 Å². The number of alkyl halides is 5. The van der Waals surface area contributed by atoms with Crippen molar-refractivity contribution in [2.45, 2.75) is 25.9 Å². The molecule has 1 atom stereocenters. The van der Waals surface area contributed by atoms with E-state index in [0.717, 1.165) is 6.08 Å². The van der Waals surface area contributed by atoms with E-state index in [0.29, 0.717) is 0 Å². The van der Waals surface area contributed by atoms with Crippen molar-refractivity contribution in [2.24, 2.45) is 5.92 Å². The normalized spacial score (nSPS) is 12.1. The summed E-state index contributed by atoms with van der Waals surface area (Å²) in [6.45, 7) is 3.63. The molecule has 1 unspecified atom stereocenters. The number of hydrogen-bond donors (Lipinski definition) is 0. The highest BCUT2D eigenvalue weighted by Gasteiger charge is 2.25. The molecule has 0 aliphatic carbocycles. The van der Waals surface area contributed by atoms with Crippen LogP contribution >= 0.6 is 0 Å². The van der Waals surface area contributed by atoms with Crippen LogP contribution < -0.4 is 0 Å². The summed E-state index contributed by atoms with van der Waals surface area (Å²) in [6.07, 6.45) is -4.55. The van der Waals surface area contributed by atoms with Crippen LogP contribution in [0.5, 0.6) is 0 Å². The third-order valence-electron chi connectivity index (χ3n) is 1.53. The Labute approximate surface area is 103 Å². The molecule has 0 rings (SSSR count). The van der Waals surface area contributed by atoms with Crippen LogP contribution in [-0.2, 0) is 9.53 Å². The Morgan fingerprint density at radius 1 is 1.39 bits per heavy atom. The minimum atomic E-state index is -4.19. The molecule has 0 fully saturated rings. The minimum Gasteiger partial charge on any atom is -0.462 e. The maximum absolute atomic E-state index is 11.7. The summed E-state index contributed by atoms with van der Waals surface area (Å²) < 4.78 is 60.5. The van der Waals surface area contributed by atoms with Gasteiger partial charge in [0.2, 0.25) is 0 Å². The molecule has 0 amide bonds. The molecule has 0 spiro atoms. The summed E-state index contributed by atoms with van der Waals surface area (Å²) in [5, 5.41) is 0. The average molecular weight is 276 g/mol. The smallest absolute Gasteiger partial charge is 0.389 e. The third kappa shape index (κ3) is 17.3. The lowest BCUT2D eigenvalue weighted by Gasteiger charge is -2.04. The zero-order chi connectivity index (χ0) is 14.6. The van der Waals surface area contributed by atoms with Crippen molar-refractivity contribution in [2.75, 3.05) is 20.0 Å². The van der Waals surface area contributed by atoms with Crippen LogP contribution in [0.1, 0.15) is 19.8 Å². The predicted octanol–water partition coefficient (Wildman–Crippen LogP) is 3.62. The lowest BCUT2D eigenvalue weighted by atomic mass is 10.2. The molecule has 108 valence electrons. The summed E-state index contributed by atoms with van der Waals surface area (Å²) in [5.41, 5.74) is 0. The Bertz CT molecular complexity index is 228. The monoisotopic (exact) mass is 276 g/mol. The molecule has 7 heteroatoms. The van der Waals surface area contributed by atoms with E-state index in [-0.39, 0.29) is 12.5 Å². The lowest BCUT2D eigenvalue weighted by Crippen LogP contribution is -2.10. The summed E-state index contributed by atoms with van der Waals surface area (Å²) in [5.74, 6) is -0.718. The van der Waals surface area contributed by atoms with Crippen molar-refractivity contribution in [3.63, 3.8) is 0 Å². The first-order chi connectivity index (χ1) is 8.26. The molecule has 0 aromatic heterocycles. The topological polar surface area (TPSA) is 26.3 Å². The van der Waals surface area contributed by atoms with E-state index < -0.39 is 38.3 Å². The number of halogens is 5. The summed E-state index contributed by atoms with van der Waals surface area (Å²) in [6, 6.07) is 0. The van der Waals surface area contributed by atoms with Crippen LogP contribution in [0.4, 0.5) is 22.0 Å². The molecule has 0 aliphatic heterocycles. The maximum Gasteiger partial charge on any atom is 0.389 e. The Morgan fingerprint density at radius 2 is 1.94 bits per heavy atom. The first kappa shape index (κ1) is 19.2. The van der Waals surface area contributed by atoms with Gasteiger partial charge in [0.1, 0.15) is 0 Å². The van der Waals surface area contributed by atoms with Crippen LogP contribution in [0.25, 0.3) is 0 Å². The van der Waals surface area contributed by atoms with Gasteiger partial charge in [0.05, 0.1) is 20.0 Å². The third-order valence-corrected chi connectivity index (χ3v) is 1.53. The standard InChI is InChI=1S/C7H11FO2.C4H6F4/c1-3-7(9)10-5-6(2)4-8;5-3-1-2-4(6,7)8/h3,6H,1,4-5H2,2H3;1-3H2. The van der Waals surface area contributed by atoms with Gasteiger partial charge in [-0.1, -0.05) is 13.5 Å². The first-order valence-corrected chi connectivity index (χ1v) is 5.24. The molecule has 0 aliphatic rings. The largest absolute Gasteiger partial charge is 0.462 e. The van der Waals surface area contributed by atoms with Crippen molar-refractivity contribution < 1.29 is 31.5 Å². The molecule has 0 saturated heterocycles. The quantitative estimate of drug-likeness (QED) is 0.421. The molecule has 18 heavy (non-hydrogen) atoms. The molecule has 0 bridgehead atoms. The van der Waals surface area contributed by atoms with E-state index in [4.69, 9.17) is 0 Å². The maximum atomic E-state index is 11.7. The fraction of sp³-hybridized carbons (Fsp3) is 0.727. The minimum absolute atomic E-state index is 0.126. The van der Waals surface area contributed by atoms with Crippen molar-refractivity contribution in [3.8, 4) is 0 Å². The number of carbonyl (C=O) groups excluding carboxylic acids is 1. The van der Waals surface area contributed by atoms with E-state index in [1.165, 1.54) is 0 Å². The molecule has 2 nitrogen and oxygen atoms in total. The second kappa shape index (κ2) is 11.0. The first-order valence-electron chi connectivity index (χ1n) is 5.24. The van der Waals surface area contributed by atoms with Gasteiger partial charge in [-0.2, -0.15) is 13.2 Å². The average Bonchev–Trinajstić information content (AvgIpc) is 2.32. The summed E-state index contributed by atoms with van der Waals surface area (Å²) in [7, 11) is 0. The van der Waals surface area contributed by atoms with E-state index in [9.17, 15) is 26.7 Å². The van der Waals surface area contributed by atoms with Crippen LogP contribution in [0, 0.1) is 5.92 Å². The van der Waals surface area contributed by atoms with Crippen molar-refractivity contribution in [1.82, 2.24) is 0 Å². The molecule has 0 N–H and O–H groups in total. The molecule has 0 saturated carbocycles. The highest BCUT2D eigenvalue weighted by molar-refractivity contribution is 5.81. The molecule has 0 aromatic carbocycles. The summed E-state index contributed by atoms with van der Waals surface area (Å²) in [4.78, 5) is 10.4. The van der Waals surface area contributed by atoms with Crippen LogP contribution in [0.3, 0.4) is 0 Å². The van der Waals surface area contributed by atoms with Crippen molar-refractivity contribution in [3.05, 3.63) is 12.7 Å². The lowest BCUT2D eigenvalue weighted by molar-refractivity contribution is -0.139. The molecule has 0 heterocycles. The van der Waals surface area contributed by atoms with E-state index in [1.807, 2.05) is 0 Å². The second-order valence-electron chi connectivity index (χ2n) is 3.50. The Balaban J connectivity index is 0. The number of carbonyl (C=O) groups is 1. The molecular weight excluding hydrogens is 259 g/mol. The Kier molecular flexibility index (Phi) is 11.7. The van der Waals surface area contributed by atoms with Crippen LogP contribution in [-0.4, -0.2) is 32.1 Å². The Morgan fingerprint density at radius 3 is 2.22 bits per heavy atom. The van der Waals surface area contributed by atoms with Gasteiger partial charge >= 0.3 is 12.1 Å². The Hall–Kier alpha value is -1.14. The van der Waals surface area contributed by atoms with Crippen molar-refractivity contribution in [1.29, 1.82) is 0 Å². The highest BCUT2D eigenvalue weighted by Crippen LogP contribution is 2.20. The molecule has 0 radical (unpaired) electrons. The molecule has 0 aromatic rings. The van der Waals surface area contributed by atoms with Gasteiger partial charge in [0, 0.05) is 18.4 Å². The number of esters is 1. The summed E-state index contributed by atoms with van der Waals surface area (Å²) >= 11 is 0. The number of rotatable bonds is 6. The van der Waals surface area contributed by atoms with Gasteiger partial charge in [-0.3, -0.25) is 8.78 Å². The SMILES string of the molecule is C=CC(=O)OCC(C)CF.FCCCC(F)(F)F. The fourth-order valence-electron chi connectivity index (χ4n) is 0.595. The van der Waals surface area contributed by atoms with Gasteiger partial charge < -0.3 is 4.74 Å². The van der Waals surface area contributed by atoms with E-state index >= 15 is 0 Å². The second-order valence-corrected chi connectivity index (χ2v) is 3.50. The van der Waals surface area contributed by atoms with Gasteiger partial charge in [-0.25, -0.2) is 4.79 Å². The van der Waals surface area contributed by atoms with Gasteiger partial charge in [0.15, 0.2) is 0 Å². The predicted molar refractivity (Wildman–Crippen MR) is 57.6 cm³/mol. The fourth-order valence-corrected chi connectivity index (χ4v) is 0.595. The van der Waals surface area contributed by atoms with Gasteiger partial charge in [-0.15, -0.1) is 0 Å². The zero-order valence-corrected chi connectivity index (χ0v) is 10.1. The van der Waals surface area contributed by atoms with Crippen LogP contribution in [0.15, 0.2) is 12.7 Å². The highest BCUT2D eigenvalue weighted by atomic mass is 19.4. The van der Waals surface area contributed by atoms with Gasteiger partial charge in [0.25, 0.3) is 0 Å². The number of ether oxygens (including phenoxy) is 1. The van der Waals surface area contributed by atoms with Gasteiger partial charge in [-0.05, 0) is 6.42 Å². The van der Waals surface area contributed by atoms with Crippen molar-refractivity contribution >= 4 is 5.97 Å². The number of hydrogen-bond acceptors (Lipinski definition) is 2. The van der Waals surface area contributed by atoms with E-state index in [2.05, 4.69) is 11.3 Å². The van der Waals surface area contributed by atoms with E-state index in [1.54, 1.807) is 6.92 Å². The molecular formula is C11H17F5O2.